The smallest absolute Gasteiger partial charge is 0.324 e. The van der Waals surface area contributed by atoms with Crippen molar-refractivity contribution in [3.8, 4) is 11.1 Å². The van der Waals surface area contributed by atoms with Gasteiger partial charge in [0.1, 0.15) is 0 Å². The van der Waals surface area contributed by atoms with Crippen LogP contribution in [0.5, 0.6) is 0 Å². The highest BCUT2D eigenvalue weighted by Crippen LogP contribution is 2.29. The largest absolute Gasteiger partial charge is 0.390 e. The van der Waals surface area contributed by atoms with Crippen LogP contribution in [0.4, 0.5) is 13.2 Å². The van der Waals surface area contributed by atoms with Gasteiger partial charge in [-0.3, -0.25) is 0 Å². The molecule has 0 aliphatic carbocycles. The molecule has 4 heteroatoms. The lowest BCUT2D eigenvalue weighted by atomic mass is 9.98. The van der Waals surface area contributed by atoms with Gasteiger partial charge in [-0.1, -0.05) is 48.5 Å². The Hall–Kier alpha value is -1.81. The lowest BCUT2D eigenvalue weighted by Crippen LogP contribution is -2.20. The van der Waals surface area contributed by atoms with E-state index in [0.717, 1.165) is 11.1 Å². The first-order valence-corrected chi connectivity index (χ1v) is 5.93. The van der Waals surface area contributed by atoms with E-state index in [4.69, 9.17) is 5.73 Å². The topological polar surface area (TPSA) is 26.0 Å². The fourth-order valence-electron chi connectivity index (χ4n) is 1.95. The summed E-state index contributed by atoms with van der Waals surface area (Å²) in [7, 11) is 0. The van der Waals surface area contributed by atoms with Crippen molar-refractivity contribution in [3.63, 3.8) is 0 Å². The van der Waals surface area contributed by atoms with Gasteiger partial charge >= 0.3 is 6.18 Å². The molecule has 0 fully saturated rings. The summed E-state index contributed by atoms with van der Waals surface area (Å²) in [5, 5.41) is 0. The molecular formula is C15H14F3N. The van der Waals surface area contributed by atoms with Crippen LogP contribution in [0.25, 0.3) is 11.1 Å². The molecule has 0 aromatic heterocycles. The van der Waals surface area contributed by atoms with Crippen molar-refractivity contribution in [2.24, 2.45) is 5.73 Å². The number of halogens is 3. The van der Waals surface area contributed by atoms with Gasteiger partial charge in [-0.2, -0.15) is 13.2 Å². The van der Waals surface area contributed by atoms with Crippen molar-refractivity contribution in [3.05, 3.63) is 60.2 Å². The van der Waals surface area contributed by atoms with E-state index in [1.165, 1.54) is 0 Å². The van der Waals surface area contributed by atoms with Crippen molar-refractivity contribution in [1.29, 1.82) is 0 Å². The van der Waals surface area contributed by atoms with Crippen molar-refractivity contribution in [2.75, 3.05) is 0 Å². The third kappa shape index (κ3) is 3.83. The zero-order valence-corrected chi connectivity index (χ0v) is 10.2. The Kier molecular flexibility index (Phi) is 3.90. The Balaban J connectivity index is 2.25. The molecule has 0 saturated heterocycles. The van der Waals surface area contributed by atoms with E-state index in [-0.39, 0.29) is 0 Å². The zero-order chi connectivity index (χ0) is 13.9. The summed E-state index contributed by atoms with van der Waals surface area (Å²) in [5.41, 5.74) is 7.94. The minimum atomic E-state index is -4.25. The molecule has 2 aromatic carbocycles. The first-order chi connectivity index (χ1) is 8.96. The minimum absolute atomic E-state index is 0.499. The Labute approximate surface area is 109 Å². The monoisotopic (exact) mass is 265 g/mol. The lowest BCUT2D eigenvalue weighted by Gasteiger charge is -2.15. The molecule has 0 amide bonds. The molecule has 0 unspecified atom stereocenters. The quantitative estimate of drug-likeness (QED) is 0.879. The summed E-state index contributed by atoms with van der Waals surface area (Å²) < 4.78 is 37.0. The summed E-state index contributed by atoms with van der Waals surface area (Å²) in [6, 6.07) is 15.4. The van der Waals surface area contributed by atoms with Crippen LogP contribution in [-0.2, 0) is 0 Å². The van der Waals surface area contributed by atoms with E-state index in [1.54, 1.807) is 18.2 Å². The molecule has 0 saturated carbocycles. The van der Waals surface area contributed by atoms with Gasteiger partial charge in [-0.05, 0) is 22.8 Å². The van der Waals surface area contributed by atoms with E-state index < -0.39 is 18.6 Å². The summed E-state index contributed by atoms with van der Waals surface area (Å²) >= 11 is 0. The van der Waals surface area contributed by atoms with E-state index in [2.05, 4.69) is 0 Å². The van der Waals surface area contributed by atoms with Crippen LogP contribution in [-0.4, -0.2) is 6.18 Å². The summed E-state index contributed by atoms with van der Waals surface area (Å²) in [6.45, 7) is 0. The summed E-state index contributed by atoms with van der Waals surface area (Å²) in [5.74, 6) is 0. The normalized spacial score (nSPS) is 13.3. The summed E-state index contributed by atoms with van der Waals surface area (Å²) in [6.07, 6.45) is -5.26. The van der Waals surface area contributed by atoms with Crippen molar-refractivity contribution in [2.45, 2.75) is 18.6 Å². The van der Waals surface area contributed by atoms with Gasteiger partial charge < -0.3 is 5.73 Å². The second kappa shape index (κ2) is 5.45. The van der Waals surface area contributed by atoms with Crippen LogP contribution < -0.4 is 5.73 Å². The fourth-order valence-corrected chi connectivity index (χ4v) is 1.95. The van der Waals surface area contributed by atoms with Crippen LogP contribution in [0, 0.1) is 0 Å². The van der Waals surface area contributed by atoms with Gasteiger partial charge in [0.2, 0.25) is 0 Å². The first kappa shape index (κ1) is 13.6. The van der Waals surface area contributed by atoms with Crippen LogP contribution in [0.3, 0.4) is 0 Å². The number of rotatable bonds is 3. The fraction of sp³-hybridized carbons (Fsp3) is 0.200. The molecule has 0 bridgehead atoms. The van der Waals surface area contributed by atoms with Gasteiger partial charge in [0.15, 0.2) is 0 Å². The summed E-state index contributed by atoms with van der Waals surface area (Å²) in [4.78, 5) is 0. The van der Waals surface area contributed by atoms with Crippen molar-refractivity contribution in [1.82, 2.24) is 0 Å². The van der Waals surface area contributed by atoms with Gasteiger partial charge in [0.05, 0.1) is 6.42 Å². The van der Waals surface area contributed by atoms with Gasteiger partial charge in [0, 0.05) is 6.04 Å². The van der Waals surface area contributed by atoms with E-state index in [0.29, 0.717) is 5.56 Å². The molecule has 0 aliphatic rings. The highest BCUT2D eigenvalue weighted by atomic mass is 19.4. The molecule has 0 heterocycles. The van der Waals surface area contributed by atoms with Crippen LogP contribution in [0.15, 0.2) is 54.6 Å². The van der Waals surface area contributed by atoms with E-state index >= 15 is 0 Å². The number of alkyl halides is 3. The predicted octanol–water partition coefficient (Wildman–Crippen LogP) is 4.31. The van der Waals surface area contributed by atoms with E-state index in [1.807, 2.05) is 36.4 Å². The molecule has 2 aromatic rings. The maximum atomic E-state index is 12.3. The first-order valence-electron chi connectivity index (χ1n) is 5.93. The maximum Gasteiger partial charge on any atom is 0.390 e. The third-order valence-corrected chi connectivity index (χ3v) is 2.87. The molecule has 100 valence electrons. The molecule has 2 N–H and O–H groups in total. The molecule has 0 radical (unpaired) electrons. The van der Waals surface area contributed by atoms with E-state index in [9.17, 15) is 13.2 Å². The molecule has 1 atom stereocenters. The SMILES string of the molecule is N[C@H](CC(F)(F)F)c1cccc(-c2ccccc2)c1. The second-order valence-corrected chi connectivity index (χ2v) is 4.42. The number of hydrogen-bond acceptors (Lipinski definition) is 1. The molecule has 19 heavy (non-hydrogen) atoms. The van der Waals surface area contributed by atoms with Gasteiger partial charge in [-0.15, -0.1) is 0 Å². The van der Waals surface area contributed by atoms with Gasteiger partial charge in [-0.25, -0.2) is 0 Å². The minimum Gasteiger partial charge on any atom is -0.324 e. The van der Waals surface area contributed by atoms with Crippen LogP contribution >= 0.6 is 0 Å². The Bertz CT molecular complexity index is 535. The molecular weight excluding hydrogens is 251 g/mol. The molecule has 2 rings (SSSR count). The maximum absolute atomic E-state index is 12.3. The van der Waals surface area contributed by atoms with Crippen LogP contribution in [0.1, 0.15) is 18.0 Å². The standard InChI is InChI=1S/C15H14F3N/c16-15(17,18)10-14(19)13-8-4-7-12(9-13)11-5-2-1-3-6-11/h1-9,14H,10,19H2/t14-/m1/s1. The zero-order valence-electron chi connectivity index (χ0n) is 10.2. The molecule has 0 spiro atoms. The number of benzene rings is 2. The highest BCUT2D eigenvalue weighted by molar-refractivity contribution is 5.64. The predicted molar refractivity (Wildman–Crippen MR) is 69.5 cm³/mol. The second-order valence-electron chi connectivity index (χ2n) is 4.42. The average molecular weight is 265 g/mol. The Morgan fingerprint density at radius 1 is 0.895 bits per heavy atom. The van der Waals surface area contributed by atoms with Crippen molar-refractivity contribution < 1.29 is 13.2 Å². The third-order valence-electron chi connectivity index (χ3n) is 2.87. The van der Waals surface area contributed by atoms with Crippen LogP contribution in [0.2, 0.25) is 0 Å². The molecule has 1 nitrogen and oxygen atoms in total. The average Bonchev–Trinajstić information content (AvgIpc) is 2.38. The number of hydrogen-bond donors (Lipinski definition) is 1. The van der Waals surface area contributed by atoms with Crippen molar-refractivity contribution >= 4 is 0 Å². The highest BCUT2D eigenvalue weighted by Gasteiger charge is 2.30. The Morgan fingerprint density at radius 3 is 2.16 bits per heavy atom. The van der Waals surface area contributed by atoms with Gasteiger partial charge in [0.25, 0.3) is 0 Å². The lowest BCUT2D eigenvalue weighted by molar-refractivity contribution is -0.138. The molecule has 0 aliphatic heterocycles. The Morgan fingerprint density at radius 2 is 1.53 bits per heavy atom. The number of nitrogens with two attached hydrogens (primary N) is 1.